The monoisotopic (exact) mass is 325 g/mol. The molecule has 1 aliphatic carbocycles. The number of nitrogens with zero attached hydrogens (tertiary/aromatic N) is 2. The van der Waals surface area contributed by atoms with E-state index in [1.165, 1.54) is 28.8 Å². The fourth-order valence-electron chi connectivity index (χ4n) is 3.25. The van der Waals surface area contributed by atoms with Gasteiger partial charge in [0.15, 0.2) is 0 Å². The van der Waals surface area contributed by atoms with Crippen molar-refractivity contribution in [2.75, 3.05) is 5.32 Å². The number of anilines is 2. The van der Waals surface area contributed by atoms with Gasteiger partial charge in [-0.3, -0.25) is 9.36 Å². The van der Waals surface area contributed by atoms with Crippen LogP contribution >= 0.6 is 11.3 Å². The van der Waals surface area contributed by atoms with Gasteiger partial charge in [-0.25, -0.2) is 4.98 Å². The molecule has 1 aromatic carbocycles. The minimum atomic E-state index is 0.0598. The van der Waals surface area contributed by atoms with Crippen molar-refractivity contribution in [1.29, 1.82) is 0 Å². The highest BCUT2D eigenvalue weighted by molar-refractivity contribution is 7.18. The van der Waals surface area contributed by atoms with Gasteiger partial charge in [-0.15, -0.1) is 11.3 Å². The van der Waals surface area contributed by atoms with Crippen LogP contribution in [0.5, 0.6) is 0 Å². The Morgan fingerprint density at radius 2 is 2.09 bits per heavy atom. The zero-order valence-corrected chi connectivity index (χ0v) is 14.2. The van der Waals surface area contributed by atoms with Crippen molar-refractivity contribution in [3.05, 3.63) is 50.6 Å². The Balaban J connectivity index is 1.85. The maximum atomic E-state index is 12.8. The lowest BCUT2D eigenvalue weighted by molar-refractivity contribution is 0.699. The SMILES string of the molecule is Cc1cccc(Nc2nc3sc4c(c3c(=O)n2C)CCCC4)c1. The van der Waals surface area contributed by atoms with Crippen LogP contribution in [0.15, 0.2) is 29.1 Å². The van der Waals surface area contributed by atoms with Crippen molar-refractivity contribution in [2.24, 2.45) is 7.05 Å². The molecule has 0 radical (unpaired) electrons. The van der Waals surface area contributed by atoms with Crippen molar-refractivity contribution < 1.29 is 0 Å². The minimum Gasteiger partial charge on any atom is -0.325 e. The number of hydrogen-bond donors (Lipinski definition) is 1. The molecule has 23 heavy (non-hydrogen) atoms. The molecule has 4 nitrogen and oxygen atoms in total. The number of hydrogen-bond acceptors (Lipinski definition) is 4. The summed E-state index contributed by atoms with van der Waals surface area (Å²) in [6, 6.07) is 8.09. The van der Waals surface area contributed by atoms with Gasteiger partial charge in [0.1, 0.15) is 4.83 Å². The van der Waals surface area contributed by atoms with E-state index in [2.05, 4.69) is 11.4 Å². The van der Waals surface area contributed by atoms with Crippen LogP contribution in [0.2, 0.25) is 0 Å². The van der Waals surface area contributed by atoms with E-state index in [1.54, 1.807) is 23.0 Å². The van der Waals surface area contributed by atoms with Crippen molar-refractivity contribution >= 4 is 33.2 Å². The molecule has 0 bridgehead atoms. The molecule has 2 aromatic heterocycles. The van der Waals surface area contributed by atoms with Gasteiger partial charge < -0.3 is 5.32 Å². The van der Waals surface area contributed by atoms with Crippen molar-refractivity contribution in [1.82, 2.24) is 9.55 Å². The van der Waals surface area contributed by atoms with E-state index < -0.39 is 0 Å². The molecule has 0 unspecified atom stereocenters. The summed E-state index contributed by atoms with van der Waals surface area (Å²) in [5, 5.41) is 4.12. The third-order valence-electron chi connectivity index (χ3n) is 4.47. The third-order valence-corrected chi connectivity index (χ3v) is 5.66. The molecule has 118 valence electrons. The van der Waals surface area contributed by atoms with Crippen LogP contribution in [0.25, 0.3) is 10.2 Å². The minimum absolute atomic E-state index is 0.0598. The molecular weight excluding hydrogens is 306 g/mol. The number of rotatable bonds is 2. The van der Waals surface area contributed by atoms with Crippen molar-refractivity contribution in [3.63, 3.8) is 0 Å². The largest absolute Gasteiger partial charge is 0.325 e. The molecule has 0 aliphatic heterocycles. The average molecular weight is 325 g/mol. The molecule has 1 N–H and O–H groups in total. The maximum Gasteiger partial charge on any atom is 0.263 e. The van der Waals surface area contributed by atoms with Gasteiger partial charge in [0.05, 0.1) is 5.39 Å². The van der Waals surface area contributed by atoms with Gasteiger partial charge in [-0.1, -0.05) is 12.1 Å². The summed E-state index contributed by atoms with van der Waals surface area (Å²) in [5.74, 6) is 0.603. The maximum absolute atomic E-state index is 12.8. The van der Waals surface area contributed by atoms with E-state index in [-0.39, 0.29) is 5.56 Å². The van der Waals surface area contributed by atoms with E-state index in [0.717, 1.165) is 28.7 Å². The summed E-state index contributed by atoms with van der Waals surface area (Å²) in [6.07, 6.45) is 4.48. The topological polar surface area (TPSA) is 46.9 Å². The Morgan fingerprint density at radius 1 is 1.26 bits per heavy atom. The molecule has 0 amide bonds. The molecule has 1 aliphatic rings. The van der Waals surface area contributed by atoms with Crippen LogP contribution < -0.4 is 10.9 Å². The predicted octanol–water partition coefficient (Wildman–Crippen LogP) is 3.93. The Morgan fingerprint density at radius 3 is 2.91 bits per heavy atom. The van der Waals surface area contributed by atoms with Crippen molar-refractivity contribution in [2.45, 2.75) is 32.6 Å². The standard InChI is InChI=1S/C18H19N3OS/c1-11-6-5-7-12(10-11)19-18-20-16-15(17(22)21(18)2)13-8-3-4-9-14(13)23-16/h5-7,10H,3-4,8-9H2,1-2H3,(H,19,20). The molecule has 0 fully saturated rings. The summed E-state index contributed by atoms with van der Waals surface area (Å²) in [7, 11) is 1.79. The Labute approximate surface area is 138 Å². The number of fused-ring (bicyclic) bond motifs is 3. The van der Waals surface area contributed by atoms with E-state index in [0.29, 0.717) is 5.95 Å². The smallest absolute Gasteiger partial charge is 0.263 e. The first-order chi connectivity index (χ1) is 11.1. The highest BCUT2D eigenvalue weighted by Crippen LogP contribution is 2.34. The van der Waals surface area contributed by atoms with Gasteiger partial charge >= 0.3 is 0 Å². The highest BCUT2D eigenvalue weighted by Gasteiger charge is 2.21. The zero-order valence-electron chi connectivity index (χ0n) is 13.3. The number of benzene rings is 1. The fourth-order valence-corrected chi connectivity index (χ4v) is 4.50. The molecular formula is C18H19N3OS. The van der Waals surface area contributed by atoms with Gasteiger partial charge in [0, 0.05) is 17.6 Å². The normalized spacial score (nSPS) is 14.0. The quantitative estimate of drug-likeness (QED) is 0.776. The predicted molar refractivity (Wildman–Crippen MR) is 96.0 cm³/mol. The highest BCUT2D eigenvalue weighted by atomic mass is 32.1. The fraction of sp³-hybridized carbons (Fsp3) is 0.333. The van der Waals surface area contributed by atoms with Gasteiger partial charge in [-0.2, -0.15) is 0 Å². The Bertz CT molecular complexity index is 955. The van der Waals surface area contributed by atoms with Gasteiger partial charge in [-0.05, 0) is 55.9 Å². The summed E-state index contributed by atoms with van der Waals surface area (Å²) >= 11 is 1.69. The summed E-state index contributed by atoms with van der Waals surface area (Å²) in [5.41, 5.74) is 3.43. The van der Waals surface area contributed by atoms with Crippen LogP contribution in [0, 0.1) is 6.92 Å². The molecule has 0 saturated carbocycles. The summed E-state index contributed by atoms with van der Waals surface area (Å²) < 4.78 is 1.63. The molecule has 4 rings (SSSR count). The van der Waals surface area contributed by atoms with Crippen molar-refractivity contribution in [3.8, 4) is 0 Å². The molecule has 0 saturated heterocycles. The number of thiophene rings is 1. The Kier molecular flexibility index (Phi) is 3.45. The first kappa shape index (κ1) is 14.5. The van der Waals surface area contributed by atoms with Gasteiger partial charge in [0.2, 0.25) is 5.95 Å². The van der Waals surface area contributed by atoms with Crippen LogP contribution in [0.3, 0.4) is 0 Å². The molecule has 5 heteroatoms. The van der Waals surface area contributed by atoms with E-state index in [4.69, 9.17) is 4.98 Å². The summed E-state index contributed by atoms with van der Waals surface area (Å²) in [6.45, 7) is 2.05. The van der Waals surface area contributed by atoms with E-state index in [9.17, 15) is 4.79 Å². The lowest BCUT2D eigenvalue weighted by Gasteiger charge is -2.12. The van der Waals surface area contributed by atoms with Crippen LogP contribution in [-0.4, -0.2) is 9.55 Å². The van der Waals surface area contributed by atoms with E-state index in [1.807, 2.05) is 25.1 Å². The second-order valence-electron chi connectivity index (χ2n) is 6.19. The first-order valence-corrected chi connectivity index (χ1v) is 8.80. The second-order valence-corrected chi connectivity index (χ2v) is 7.27. The summed E-state index contributed by atoms with van der Waals surface area (Å²) in [4.78, 5) is 19.8. The lowest BCUT2D eigenvalue weighted by Crippen LogP contribution is -2.21. The molecule has 0 spiro atoms. The van der Waals surface area contributed by atoms with Crippen LogP contribution in [-0.2, 0) is 19.9 Å². The Hall–Kier alpha value is -2.14. The average Bonchev–Trinajstić information content (AvgIpc) is 2.90. The number of aromatic nitrogens is 2. The number of aryl methyl sites for hydroxylation is 3. The van der Waals surface area contributed by atoms with Gasteiger partial charge in [0.25, 0.3) is 5.56 Å². The van der Waals surface area contributed by atoms with E-state index >= 15 is 0 Å². The first-order valence-electron chi connectivity index (χ1n) is 7.98. The third kappa shape index (κ3) is 2.45. The lowest BCUT2D eigenvalue weighted by atomic mass is 9.97. The molecule has 3 aromatic rings. The molecule has 2 heterocycles. The number of nitrogens with one attached hydrogen (secondary N) is 1. The van der Waals surface area contributed by atoms with Crippen LogP contribution in [0.1, 0.15) is 28.8 Å². The zero-order chi connectivity index (χ0) is 16.0. The van der Waals surface area contributed by atoms with Crippen LogP contribution in [0.4, 0.5) is 11.6 Å². The molecule has 0 atom stereocenters. The second kappa shape index (κ2) is 5.49.